The molecule has 0 atom stereocenters. The number of fused-ring (bicyclic) bond motifs is 10. The lowest BCUT2D eigenvalue weighted by Gasteiger charge is -2.33. The third kappa shape index (κ3) is 4.13. The van der Waals surface area contributed by atoms with Gasteiger partial charge in [-0.3, -0.25) is 0 Å². The molecule has 10 aromatic rings. The van der Waals surface area contributed by atoms with Gasteiger partial charge >= 0.3 is 6.92 Å². The first-order valence-corrected chi connectivity index (χ1v) is 18.0. The summed E-state index contributed by atoms with van der Waals surface area (Å²) in [6.45, 7) is -0.297. The van der Waals surface area contributed by atoms with Crippen LogP contribution in [0.4, 0.5) is 0 Å². The van der Waals surface area contributed by atoms with Crippen LogP contribution in [-0.2, 0) is 0 Å². The van der Waals surface area contributed by atoms with Gasteiger partial charge in [0.05, 0.1) is 16.7 Å². The zero-order valence-electron chi connectivity index (χ0n) is 28.4. The predicted molar refractivity (Wildman–Crippen MR) is 217 cm³/mol. The monoisotopic (exact) mass is 677 g/mol. The van der Waals surface area contributed by atoms with E-state index < -0.39 is 0 Å². The number of ether oxygens (including phenoxy) is 1. The van der Waals surface area contributed by atoms with Crippen LogP contribution in [0.3, 0.4) is 0 Å². The summed E-state index contributed by atoms with van der Waals surface area (Å²) >= 11 is 0. The molecule has 0 aliphatic carbocycles. The van der Waals surface area contributed by atoms with E-state index in [0.29, 0.717) is 0 Å². The van der Waals surface area contributed by atoms with E-state index >= 15 is 0 Å². The summed E-state index contributed by atoms with van der Waals surface area (Å²) in [5, 5.41) is 4.69. The van der Waals surface area contributed by atoms with Gasteiger partial charge < -0.3 is 18.4 Å². The third-order valence-electron chi connectivity index (χ3n) is 11.1. The molecule has 12 rings (SSSR count). The number of para-hydroxylation sites is 5. The summed E-state index contributed by atoms with van der Waals surface area (Å²) in [7, 11) is 0. The first-order chi connectivity index (χ1) is 26.3. The van der Waals surface area contributed by atoms with Crippen molar-refractivity contribution in [1.82, 2.24) is 4.57 Å². The van der Waals surface area contributed by atoms with Crippen molar-refractivity contribution in [1.29, 1.82) is 0 Å². The van der Waals surface area contributed by atoms with E-state index in [9.17, 15) is 0 Å². The summed E-state index contributed by atoms with van der Waals surface area (Å²) in [5.41, 5.74) is 13.9. The van der Waals surface area contributed by atoms with E-state index in [-0.39, 0.29) is 6.92 Å². The number of nitrogens with zero attached hydrogens (tertiary/aromatic N) is 1. The van der Waals surface area contributed by atoms with Crippen LogP contribution in [0.2, 0.25) is 0 Å². The molecule has 4 heterocycles. The van der Waals surface area contributed by atoms with Gasteiger partial charge in [-0.15, -0.1) is 0 Å². The fraction of sp³-hybridized carbons (Fsp3) is 0. The van der Waals surface area contributed by atoms with Crippen molar-refractivity contribution in [2.45, 2.75) is 0 Å². The van der Waals surface area contributed by atoms with Crippen LogP contribution in [0.5, 0.6) is 17.2 Å². The fourth-order valence-electron chi connectivity index (χ4n) is 8.69. The molecule has 246 valence electrons. The summed E-state index contributed by atoms with van der Waals surface area (Å²) in [5.74, 6) is 2.49. The maximum Gasteiger partial charge on any atom is 0.434 e. The van der Waals surface area contributed by atoms with Gasteiger partial charge in [0.1, 0.15) is 28.4 Å². The minimum Gasteiger partial charge on any atom is -0.551 e. The Morgan fingerprint density at radius 2 is 1.08 bits per heavy atom. The van der Waals surface area contributed by atoms with Gasteiger partial charge in [0.15, 0.2) is 0 Å². The SMILES string of the molecule is c1ccc2c(c1)OB1c3ccc(-c4ccccc4-n4c5ccccc5c5ccccc54)cc3Oc3cc(-c4ccc5oc6ccccc6c5c4)cc-2c31. The molecule has 0 fully saturated rings. The van der Waals surface area contributed by atoms with Crippen molar-refractivity contribution in [2.24, 2.45) is 0 Å². The van der Waals surface area contributed by atoms with Crippen molar-refractivity contribution in [3.05, 3.63) is 170 Å². The molecule has 0 bridgehead atoms. The molecule has 5 heteroatoms. The topological polar surface area (TPSA) is 36.5 Å². The Morgan fingerprint density at radius 1 is 0.415 bits per heavy atom. The molecule has 0 amide bonds. The quantitative estimate of drug-likeness (QED) is 0.175. The Balaban J connectivity index is 1.03. The molecule has 0 saturated heterocycles. The van der Waals surface area contributed by atoms with Crippen LogP contribution in [0.25, 0.3) is 82.8 Å². The lowest BCUT2D eigenvalue weighted by atomic mass is 9.50. The average molecular weight is 678 g/mol. The largest absolute Gasteiger partial charge is 0.551 e. The van der Waals surface area contributed by atoms with Crippen molar-refractivity contribution in [3.8, 4) is 56.3 Å². The second-order valence-corrected chi connectivity index (χ2v) is 14.0. The molecule has 2 aliphatic heterocycles. The highest BCUT2D eigenvalue weighted by molar-refractivity contribution is 6.84. The number of furan rings is 1. The van der Waals surface area contributed by atoms with E-state index in [2.05, 4.69) is 156 Å². The lowest BCUT2D eigenvalue weighted by Crippen LogP contribution is -2.53. The first kappa shape index (κ1) is 28.7. The van der Waals surface area contributed by atoms with Crippen LogP contribution in [0, 0.1) is 0 Å². The van der Waals surface area contributed by atoms with Crippen LogP contribution in [-0.4, -0.2) is 11.5 Å². The molecule has 4 nitrogen and oxygen atoms in total. The number of hydrogen-bond acceptors (Lipinski definition) is 3. The van der Waals surface area contributed by atoms with Gasteiger partial charge in [-0.05, 0) is 82.9 Å². The van der Waals surface area contributed by atoms with Crippen LogP contribution < -0.4 is 20.3 Å². The van der Waals surface area contributed by atoms with Gasteiger partial charge in [0, 0.05) is 43.6 Å². The standard InChI is InChI=1S/C48H28BNO3/c1-6-16-40(50-41-17-7-2-12-33(41)34-13-3-8-18-42(34)50)32(11-1)30-21-23-39-46(27-30)52-47-28-31(26-38-36-15-5-10-20-45(36)53-49(39)48(38)47)29-22-24-44-37(25-29)35-14-4-9-19-43(35)51-44/h1-28H. The normalized spacial score (nSPS) is 12.8. The van der Waals surface area contributed by atoms with Crippen molar-refractivity contribution in [3.63, 3.8) is 0 Å². The predicted octanol–water partition coefficient (Wildman–Crippen LogP) is 11.3. The minimum absolute atomic E-state index is 0.297. The zero-order valence-corrected chi connectivity index (χ0v) is 28.4. The zero-order chi connectivity index (χ0) is 34.6. The average Bonchev–Trinajstić information content (AvgIpc) is 3.76. The van der Waals surface area contributed by atoms with E-state index in [1.54, 1.807) is 0 Å². The molecule has 8 aromatic carbocycles. The van der Waals surface area contributed by atoms with Crippen molar-refractivity contribution < 1.29 is 13.8 Å². The summed E-state index contributed by atoms with van der Waals surface area (Å²) in [6.07, 6.45) is 0. The van der Waals surface area contributed by atoms with Gasteiger partial charge in [0.2, 0.25) is 0 Å². The van der Waals surface area contributed by atoms with E-state index in [0.717, 1.165) is 89.2 Å². The Kier molecular flexibility index (Phi) is 5.83. The molecule has 0 spiro atoms. The molecule has 0 saturated carbocycles. The third-order valence-corrected chi connectivity index (χ3v) is 11.1. The van der Waals surface area contributed by atoms with Gasteiger partial charge in [-0.2, -0.15) is 0 Å². The Bertz CT molecular complexity index is 3100. The molecule has 0 radical (unpaired) electrons. The maximum atomic E-state index is 6.97. The van der Waals surface area contributed by atoms with E-state index in [4.69, 9.17) is 13.8 Å². The maximum absolute atomic E-state index is 6.97. The molecule has 0 N–H and O–H groups in total. The first-order valence-electron chi connectivity index (χ1n) is 18.0. The van der Waals surface area contributed by atoms with Crippen LogP contribution >= 0.6 is 0 Å². The molecule has 0 unspecified atom stereocenters. The van der Waals surface area contributed by atoms with Gasteiger partial charge in [-0.25, -0.2) is 0 Å². The molecular formula is C48H28BNO3. The Hall–Kier alpha value is -6.98. The van der Waals surface area contributed by atoms with Gasteiger partial charge in [0.25, 0.3) is 0 Å². The molecular weight excluding hydrogens is 649 g/mol. The molecule has 53 heavy (non-hydrogen) atoms. The summed E-state index contributed by atoms with van der Waals surface area (Å²) < 4.78 is 22.4. The Morgan fingerprint density at radius 3 is 1.92 bits per heavy atom. The second kappa shape index (κ2) is 10.8. The molecule has 2 aliphatic rings. The van der Waals surface area contributed by atoms with Crippen LogP contribution in [0.1, 0.15) is 0 Å². The Labute approximate surface area is 305 Å². The highest BCUT2D eigenvalue weighted by Crippen LogP contribution is 2.44. The summed E-state index contributed by atoms with van der Waals surface area (Å²) in [4.78, 5) is 0. The number of rotatable bonds is 3. The fourth-order valence-corrected chi connectivity index (χ4v) is 8.69. The smallest absolute Gasteiger partial charge is 0.434 e. The number of hydrogen-bond donors (Lipinski definition) is 0. The van der Waals surface area contributed by atoms with Crippen molar-refractivity contribution >= 4 is 61.6 Å². The van der Waals surface area contributed by atoms with Crippen molar-refractivity contribution in [2.75, 3.05) is 0 Å². The highest BCUT2D eigenvalue weighted by atomic mass is 16.5. The lowest BCUT2D eigenvalue weighted by molar-refractivity contribution is 0.480. The minimum atomic E-state index is -0.297. The second-order valence-electron chi connectivity index (χ2n) is 14.0. The number of benzene rings is 8. The van der Waals surface area contributed by atoms with Crippen LogP contribution in [0.15, 0.2) is 174 Å². The highest BCUT2D eigenvalue weighted by Gasteiger charge is 2.41. The van der Waals surface area contributed by atoms with E-state index in [1.807, 2.05) is 18.2 Å². The van der Waals surface area contributed by atoms with E-state index in [1.165, 1.54) is 21.8 Å². The summed E-state index contributed by atoms with van der Waals surface area (Å²) in [6, 6.07) is 60.0. The molecule has 2 aromatic heterocycles. The van der Waals surface area contributed by atoms with Gasteiger partial charge in [-0.1, -0.05) is 109 Å². The number of aromatic nitrogens is 1.